The molecule has 0 spiro atoms. The summed E-state index contributed by atoms with van der Waals surface area (Å²) in [7, 11) is -3.11. The number of rotatable bonds is 7. The number of halogens is 2. The van der Waals surface area contributed by atoms with Gasteiger partial charge in [-0.1, -0.05) is 6.07 Å². The summed E-state index contributed by atoms with van der Waals surface area (Å²) in [5.41, 5.74) is 2.05. The molecule has 0 aliphatic carbocycles. The Balaban J connectivity index is 0.00000364. The zero-order valence-corrected chi connectivity index (χ0v) is 19.3. The molecule has 9 heteroatoms. The number of guanidine groups is 1. The maximum Gasteiger partial charge on any atom is 0.211 e. The van der Waals surface area contributed by atoms with E-state index in [9.17, 15) is 12.8 Å². The number of nitrogens with zero attached hydrogens (tertiary/aromatic N) is 2. The van der Waals surface area contributed by atoms with Crippen molar-refractivity contribution < 1.29 is 12.8 Å². The van der Waals surface area contributed by atoms with Gasteiger partial charge in [0.2, 0.25) is 10.0 Å². The monoisotopic (exact) mass is 512 g/mol. The fourth-order valence-corrected chi connectivity index (χ4v) is 3.98. The third kappa shape index (κ3) is 7.90. The van der Waals surface area contributed by atoms with Gasteiger partial charge in [0.25, 0.3) is 0 Å². The highest BCUT2D eigenvalue weighted by Gasteiger charge is 2.28. The van der Waals surface area contributed by atoms with Gasteiger partial charge in [-0.3, -0.25) is 4.99 Å². The Bertz CT molecular complexity index is 743. The predicted octanol–water partition coefficient (Wildman–Crippen LogP) is 2.13. The van der Waals surface area contributed by atoms with Crippen molar-refractivity contribution in [1.82, 2.24) is 14.9 Å². The highest BCUT2D eigenvalue weighted by molar-refractivity contribution is 14.0. The summed E-state index contributed by atoms with van der Waals surface area (Å²) < 4.78 is 37.9. The summed E-state index contributed by atoms with van der Waals surface area (Å²) >= 11 is 0. The molecule has 1 heterocycles. The average Bonchev–Trinajstić information content (AvgIpc) is 3.04. The summed E-state index contributed by atoms with van der Waals surface area (Å²) in [6, 6.07) is 4.84. The van der Waals surface area contributed by atoms with Crippen molar-refractivity contribution in [2.24, 2.45) is 10.9 Å². The molecule has 0 bridgehead atoms. The SMILES string of the molecule is CCNC(=NCC1CCN(S(C)(=O)=O)C1)NCCc1ccc(F)cc1C.I. The third-order valence-corrected chi connectivity index (χ3v) is 5.83. The van der Waals surface area contributed by atoms with Gasteiger partial charge in [-0.2, -0.15) is 0 Å². The van der Waals surface area contributed by atoms with E-state index >= 15 is 0 Å². The molecule has 6 nitrogen and oxygen atoms in total. The van der Waals surface area contributed by atoms with Crippen molar-refractivity contribution in [1.29, 1.82) is 0 Å². The number of sulfonamides is 1. The van der Waals surface area contributed by atoms with E-state index in [1.807, 2.05) is 19.9 Å². The Labute approximate surface area is 179 Å². The summed E-state index contributed by atoms with van der Waals surface area (Å²) in [5, 5.41) is 6.49. The molecule has 1 atom stereocenters. The minimum atomic E-state index is -3.11. The van der Waals surface area contributed by atoms with Gasteiger partial charge in [0, 0.05) is 32.7 Å². The van der Waals surface area contributed by atoms with Gasteiger partial charge in [-0.15, -0.1) is 24.0 Å². The molecule has 0 aromatic heterocycles. The molecule has 0 radical (unpaired) electrons. The Kier molecular flexibility index (Phi) is 9.96. The van der Waals surface area contributed by atoms with E-state index in [4.69, 9.17) is 0 Å². The van der Waals surface area contributed by atoms with Crippen LogP contribution in [0.15, 0.2) is 23.2 Å². The second-order valence-electron chi connectivity index (χ2n) is 6.74. The summed E-state index contributed by atoms with van der Waals surface area (Å²) in [6.07, 6.45) is 2.87. The minimum absolute atomic E-state index is 0. The Morgan fingerprint density at radius 1 is 1.37 bits per heavy atom. The first-order chi connectivity index (χ1) is 12.3. The topological polar surface area (TPSA) is 73.8 Å². The van der Waals surface area contributed by atoms with E-state index < -0.39 is 10.0 Å². The van der Waals surface area contributed by atoms with E-state index in [1.165, 1.54) is 16.6 Å². The van der Waals surface area contributed by atoms with Gasteiger partial charge in [0.15, 0.2) is 5.96 Å². The van der Waals surface area contributed by atoms with Crippen LogP contribution >= 0.6 is 24.0 Å². The van der Waals surface area contributed by atoms with Crippen LogP contribution in [-0.2, 0) is 16.4 Å². The van der Waals surface area contributed by atoms with Crippen LogP contribution < -0.4 is 10.6 Å². The van der Waals surface area contributed by atoms with Crippen molar-refractivity contribution in [3.63, 3.8) is 0 Å². The first-order valence-electron chi connectivity index (χ1n) is 9.02. The highest BCUT2D eigenvalue weighted by Crippen LogP contribution is 2.18. The summed E-state index contributed by atoms with van der Waals surface area (Å²) in [4.78, 5) is 4.59. The van der Waals surface area contributed by atoms with Crippen LogP contribution in [0.25, 0.3) is 0 Å². The molecule has 0 amide bonds. The van der Waals surface area contributed by atoms with Crippen LogP contribution in [0.1, 0.15) is 24.5 Å². The molecular formula is C18H30FIN4O2S. The van der Waals surface area contributed by atoms with Crippen LogP contribution in [-0.4, -0.2) is 57.7 Å². The number of nitrogens with one attached hydrogen (secondary N) is 2. The van der Waals surface area contributed by atoms with Gasteiger partial charge in [0.05, 0.1) is 6.26 Å². The standard InChI is InChI=1S/C18H29FN4O2S.HI/c1-4-20-18(21-9-7-16-5-6-17(19)11-14(16)2)22-12-15-8-10-23(13-15)26(3,24)25;/h5-6,11,15H,4,7-10,12-13H2,1-3H3,(H2,20,21,22);1H. The first kappa shape index (κ1) is 24.1. The van der Waals surface area contributed by atoms with E-state index in [-0.39, 0.29) is 35.7 Å². The molecule has 0 saturated carbocycles. The van der Waals surface area contributed by atoms with E-state index in [1.54, 1.807) is 6.07 Å². The van der Waals surface area contributed by atoms with Crippen molar-refractivity contribution in [3.8, 4) is 0 Å². The van der Waals surface area contributed by atoms with Crippen molar-refractivity contribution in [2.75, 3.05) is 39.0 Å². The van der Waals surface area contributed by atoms with Crippen molar-refractivity contribution in [3.05, 3.63) is 35.1 Å². The summed E-state index contributed by atoms with van der Waals surface area (Å²) in [6.45, 7) is 7.06. The van der Waals surface area contributed by atoms with E-state index in [2.05, 4.69) is 15.6 Å². The minimum Gasteiger partial charge on any atom is -0.357 e. The van der Waals surface area contributed by atoms with Crippen LogP contribution in [0.3, 0.4) is 0 Å². The summed E-state index contributed by atoms with van der Waals surface area (Å²) in [5.74, 6) is 0.762. The van der Waals surface area contributed by atoms with Crippen LogP contribution in [0.2, 0.25) is 0 Å². The van der Waals surface area contributed by atoms with Crippen LogP contribution in [0, 0.1) is 18.7 Å². The normalized spacial score (nSPS) is 18.2. The number of benzene rings is 1. The number of aliphatic imine (C=N–C) groups is 1. The lowest BCUT2D eigenvalue weighted by atomic mass is 10.1. The fraction of sp³-hybridized carbons (Fsp3) is 0.611. The first-order valence-corrected chi connectivity index (χ1v) is 10.9. The largest absolute Gasteiger partial charge is 0.357 e. The molecule has 2 rings (SSSR count). The van der Waals surface area contributed by atoms with E-state index in [0.29, 0.717) is 26.2 Å². The quantitative estimate of drug-likeness (QED) is 0.334. The maximum absolute atomic E-state index is 13.2. The molecule has 154 valence electrons. The van der Waals surface area contributed by atoms with Crippen molar-refractivity contribution in [2.45, 2.75) is 26.7 Å². The fourth-order valence-electron chi connectivity index (χ4n) is 3.06. The van der Waals surface area contributed by atoms with Crippen molar-refractivity contribution >= 4 is 40.0 Å². The number of aryl methyl sites for hydroxylation is 1. The maximum atomic E-state index is 13.2. The number of hydrogen-bond acceptors (Lipinski definition) is 3. The van der Waals surface area contributed by atoms with Gasteiger partial charge >= 0.3 is 0 Å². The smallest absolute Gasteiger partial charge is 0.211 e. The van der Waals surface area contributed by atoms with Gasteiger partial charge in [-0.05, 0) is 55.9 Å². The third-order valence-electron chi connectivity index (χ3n) is 4.56. The number of hydrogen-bond donors (Lipinski definition) is 2. The molecule has 27 heavy (non-hydrogen) atoms. The molecule has 2 N–H and O–H groups in total. The molecular weight excluding hydrogens is 482 g/mol. The van der Waals surface area contributed by atoms with Gasteiger partial charge in [-0.25, -0.2) is 17.1 Å². The lowest BCUT2D eigenvalue weighted by Gasteiger charge is -2.14. The second kappa shape index (κ2) is 11.2. The second-order valence-corrected chi connectivity index (χ2v) is 8.73. The lowest BCUT2D eigenvalue weighted by molar-refractivity contribution is 0.464. The molecule has 1 aromatic carbocycles. The zero-order valence-electron chi connectivity index (χ0n) is 16.2. The van der Waals surface area contributed by atoms with Gasteiger partial charge < -0.3 is 10.6 Å². The Hall–Kier alpha value is -0.940. The molecule has 1 unspecified atom stereocenters. The highest BCUT2D eigenvalue weighted by atomic mass is 127. The van der Waals surface area contributed by atoms with Gasteiger partial charge in [0.1, 0.15) is 5.82 Å². The molecule has 1 saturated heterocycles. The molecule has 1 aliphatic heterocycles. The van der Waals surface area contributed by atoms with Crippen LogP contribution in [0.5, 0.6) is 0 Å². The molecule has 1 aliphatic rings. The Morgan fingerprint density at radius 3 is 2.70 bits per heavy atom. The Morgan fingerprint density at radius 2 is 2.11 bits per heavy atom. The van der Waals surface area contributed by atoms with E-state index in [0.717, 1.165) is 36.5 Å². The zero-order chi connectivity index (χ0) is 19.2. The van der Waals surface area contributed by atoms with Crippen LogP contribution in [0.4, 0.5) is 4.39 Å². The molecule has 1 fully saturated rings. The lowest BCUT2D eigenvalue weighted by Crippen LogP contribution is -2.38. The molecule has 1 aromatic rings. The average molecular weight is 512 g/mol. The predicted molar refractivity (Wildman–Crippen MR) is 119 cm³/mol.